The van der Waals surface area contributed by atoms with Crippen LogP contribution in [0.15, 0.2) is 11.1 Å². The lowest BCUT2D eigenvalue weighted by Gasteiger charge is -2.22. The van der Waals surface area contributed by atoms with Crippen LogP contribution in [-0.2, 0) is 33.7 Å². The van der Waals surface area contributed by atoms with E-state index in [4.69, 9.17) is 9.47 Å². The summed E-state index contributed by atoms with van der Waals surface area (Å²) in [6, 6.07) is 0. The van der Waals surface area contributed by atoms with Gasteiger partial charge in [-0.2, -0.15) is 0 Å². The van der Waals surface area contributed by atoms with Gasteiger partial charge in [0.05, 0.1) is 24.2 Å². The van der Waals surface area contributed by atoms with E-state index in [9.17, 15) is 9.59 Å². The molecule has 1 unspecified atom stereocenters. The highest BCUT2D eigenvalue weighted by molar-refractivity contribution is 7.18. The molecule has 1 saturated heterocycles. The number of hydrogen-bond donors (Lipinski definition) is 0. The Morgan fingerprint density at radius 3 is 3.04 bits per heavy atom. The number of aromatic nitrogens is 2. The molecule has 2 aromatic heterocycles. The minimum absolute atomic E-state index is 0.0192. The number of hydrogen-bond acceptors (Lipinski definition) is 6. The van der Waals surface area contributed by atoms with Crippen molar-refractivity contribution < 1.29 is 14.3 Å². The molecule has 0 N–H and O–H groups in total. The minimum atomic E-state index is -0.293. The third-order valence-corrected chi connectivity index (χ3v) is 6.40. The van der Waals surface area contributed by atoms with E-state index >= 15 is 0 Å². The van der Waals surface area contributed by atoms with Crippen molar-refractivity contribution in [3.63, 3.8) is 0 Å². The van der Waals surface area contributed by atoms with Crippen molar-refractivity contribution >= 4 is 27.5 Å². The van der Waals surface area contributed by atoms with Crippen molar-refractivity contribution in [1.29, 1.82) is 0 Å². The molecule has 1 fully saturated rings. The van der Waals surface area contributed by atoms with E-state index < -0.39 is 0 Å². The summed E-state index contributed by atoms with van der Waals surface area (Å²) in [7, 11) is 0. The lowest BCUT2D eigenvalue weighted by molar-refractivity contribution is -0.149. The quantitative estimate of drug-likeness (QED) is 0.751. The van der Waals surface area contributed by atoms with Gasteiger partial charge in [-0.3, -0.25) is 14.2 Å². The second-order valence-corrected chi connectivity index (χ2v) is 8.14. The molecule has 2 aliphatic rings. The van der Waals surface area contributed by atoms with Crippen molar-refractivity contribution in [2.75, 3.05) is 13.2 Å². The molecule has 0 radical (unpaired) electrons. The molecule has 1 atom stereocenters. The van der Waals surface area contributed by atoms with Crippen LogP contribution < -0.4 is 5.56 Å². The van der Waals surface area contributed by atoms with E-state index in [0.717, 1.165) is 55.3 Å². The van der Waals surface area contributed by atoms with Crippen LogP contribution in [0.4, 0.5) is 0 Å². The normalized spacial score (nSPS) is 20.1. The standard InChI is InChI=1S/C19H24N2O4S/c22-16(25-11-13-5-3-4-10-24-13)8-9-21-12-20-18-17(19(21)23)14-6-1-2-7-15(14)26-18/h12-13H,1-11H2. The number of rotatable bonds is 5. The van der Waals surface area contributed by atoms with E-state index in [0.29, 0.717) is 13.2 Å². The molecule has 1 aliphatic heterocycles. The van der Waals surface area contributed by atoms with Gasteiger partial charge in [-0.05, 0) is 50.5 Å². The Bertz CT molecular complexity index is 851. The van der Waals surface area contributed by atoms with Gasteiger partial charge in [-0.15, -0.1) is 11.3 Å². The van der Waals surface area contributed by atoms with Gasteiger partial charge in [0.15, 0.2) is 0 Å². The number of ether oxygens (including phenoxy) is 2. The Morgan fingerprint density at radius 2 is 2.19 bits per heavy atom. The highest BCUT2D eigenvalue weighted by Crippen LogP contribution is 2.33. The molecule has 0 spiro atoms. The van der Waals surface area contributed by atoms with E-state index in [1.165, 1.54) is 16.9 Å². The maximum atomic E-state index is 12.8. The second kappa shape index (κ2) is 7.88. The van der Waals surface area contributed by atoms with Gasteiger partial charge in [0.2, 0.25) is 0 Å². The second-order valence-electron chi connectivity index (χ2n) is 7.06. The van der Waals surface area contributed by atoms with Crippen molar-refractivity contribution in [2.24, 2.45) is 0 Å². The number of esters is 1. The fraction of sp³-hybridized carbons (Fsp3) is 0.632. The largest absolute Gasteiger partial charge is 0.463 e. The Kier molecular flexibility index (Phi) is 5.36. The Morgan fingerprint density at radius 1 is 1.31 bits per heavy atom. The molecule has 0 amide bonds. The average Bonchev–Trinajstić information content (AvgIpc) is 3.06. The lowest BCUT2D eigenvalue weighted by atomic mass is 9.97. The van der Waals surface area contributed by atoms with Crippen LogP contribution in [0.2, 0.25) is 0 Å². The van der Waals surface area contributed by atoms with Crippen LogP contribution >= 0.6 is 11.3 Å². The molecule has 140 valence electrons. The molecule has 3 heterocycles. The number of carbonyl (C=O) groups is 1. The van der Waals surface area contributed by atoms with Crippen molar-refractivity contribution in [3.05, 3.63) is 27.1 Å². The molecule has 4 rings (SSSR count). The monoisotopic (exact) mass is 376 g/mol. The molecule has 2 aromatic rings. The average molecular weight is 376 g/mol. The van der Waals surface area contributed by atoms with E-state index in [1.54, 1.807) is 22.2 Å². The Labute approximate surface area is 156 Å². The van der Waals surface area contributed by atoms with Crippen molar-refractivity contribution in [2.45, 2.75) is 64.0 Å². The highest BCUT2D eigenvalue weighted by atomic mass is 32.1. The summed E-state index contributed by atoms with van der Waals surface area (Å²) in [6.07, 6.45) is 9.21. The number of nitrogens with zero attached hydrogens (tertiary/aromatic N) is 2. The summed E-state index contributed by atoms with van der Waals surface area (Å²) < 4.78 is 12.4. The Balaban J connectivity index is 1.40. The topological polar surface area (TPSA) is 70.4 Å². The first-order valence-electron chi connectivity index (χ1n) is 9.49. The summed E-state index contributed by atoms with van der Waals surface area (Å²) in [5.41, 5.74) is 1.15. The zero-order valence-electron chi connectivity index (χ0n) is 14.9. The van der Waals surface area contributed by atoms with Crippen LogP contribution in [0.3, 0.4) is 0 Å². The van der Waals surface area contributed by atoms with Crippen molar-refractivity contribution in [1.82, 2.24) is 9.55 Å². The van der Waals surface area contributed by atoms with Gasteiger partial charge in [0, 0.05) is 18.0 Å². The zero-order valence-corrected chi connectivity index (χ0v) is 15.7. The van der Waals surface area contributed by atoms with E-state index in [-0.39, 0.29) is 24.1 Å². The first-order valence-corrected chi connectivity index (χ1v) is 10.3. The van der Waals surface area contributed by atoms with Gasteiger partial charge >= 0.3 is 5.97 Å². The van der Waals surface area contributed by atoms with Crippen LogP contribution in [0.25, 0.3) is 10.2 Å². The van der Waals surface area contributed by atoms with Gasteiger partial charge in [0.1, 0.15) is 11.4 Å². The summed E-state index contributed by atoms with van der Waals surface area (Å²) in [6.45, 7) is 1.36. The molecule has 0 aromatic carbocycles. The smallest absolute Gasteiger partial charge is 0.307 e. The molecule has 6 nitrogen and oxygen atoms in total. The molecular weight excluding hydrogens is 352 g/mol. The van der Waals surface area contributed by atoms with Crippen LogP contribution in [0.5, 0.6) is 0 Å². The summed E-state index contributed by atoms with van der Waals surface area (Å²) in [4.78, 5) is 31.4. The maximum Gasteiger partial charge on any atom is 0.307 e. The zero-order chi connectivity index (χ0) is 17.9. The summed E-state index contributed by atoms with van der Waals surface area (Å²) >= 11 is 1.64. The fourth-order valence-corrected chi connectivity index (χ4v) is 4.97. The molecule has 26 heavy (non-hydrogen) atoms. The summed E-state index contributed by atoms with van der Waals surface area (Å²) in [5, 5.41) is 0.760. The molecule has 1 aliphatic carbocycles. The lowest BCUT2D eigenvalue weighted by Crippen LogP contribution is -2.27. The van der Waals surface area contributed by atoms with Crippen LogP contribution in [0.1, 0.15) is 49.0 Å². The Hall–Kier alpha value is -1.73. The maximum absolute atomic E-state index is 12.8. The summed E-state index contributed by atoms with van der Waals surface area (Å²) in [5.74, 6) is -0.293. The van der Waals surface area contributed by atoms with Gasteiger partial charge in [-0.1, -0.05) is 0 Å². The molecule has 0 bridgehead atoms. The SMILES string of the molecule is O=C(CCn1cnc2sc3c(c2c1=O)CCCC3)OCC1CCCCO1. The van der Waals surface area contributed by atoms with Crippen LogP contribution in [0, 0.1) is 0 Å². The number of carbonyl (C=O) groups excluding carboxylic acids is 1. The van der Waals surface area contributed by atoms with Crippen LogP contribution in [-0.4, -0.2) is 34.8 Å². The minimum Gasteiger partial charge on any atom is -0.463 e. The first kappa shape index (κ1) is 17.7. The van der Waals surface area contributed by atoms with Gasteiger partial charge in [-0.25, -0.2) is 4.98 Å². The van der Waals surface area contributed by atoms with E-state index in [2.05, 4.69) is 4.98 Å². The number of aryl methyl sites for hydroxylation is 3. The van der Waals surface area contributed by atoms with E-state index in [1.807, 2.05) is 0 Å². The number of fused-ring (bicyclic) bond motifs is 3. The molecular formula is C19H24N2O4S. The predicted molar refractivity (Wildman–Crippen MR) is 99.7 cm³/mol. The highest BCUT2D eigenvalue weighted by Gasteiger charge is 2.20. The fourth-order valence-electron chi connectivity index (χ4n) is 3.75. The van der Waals surface area contributed by atoms with Crippen molar-refractivity contribution in [3.8, 4) is 0 Å². The number of thiophene rings is 1. The third kappa shape index (κ3) is 3.69. The molecule has 0 saturated carbocycles. The molecule has 7 heteroatoms. The van der Waals surface area contributed by atoms with Gasteiger partial charge in [0.25, 0.3) is 5.56 Å². The predicted octanol–water partition coefficient (Wildman–Crippen LogP) is 2.84. The first-order chi connectivity index (χ1) is 12.7. The third-order valence-electron chi connectivity index (χ3n) is 5.20. The van der Waals surface area contributed by atoms with Gasteiger partial charge < -0.3 is 9.47 Å².